The molecule has 0 spiro atoms. The lowest BCUT2D eigenvalue weighted by molar-refractivity contribution is -0.384. The molecule has 0 saturated heterocycles. The van der Waals surface area contributed by atoms with E-state index in [0.717, 1.165) is 5.56 Å². The smallest absolute Gasteiger partial charge is 0.289 e. The van der Waals surface area contributed by atoms with Gasteiger partial charge in [-0.3, -0.25) is 10.1 Å². The number of para-hydroxylation sites is 1. The molecule has 0 atom stereocenters. The van der Waals surface area contributed by atoms with Crippen molar-refractivity contribution in [2.75, 3.05) is 11.1 Å². The Morgan fingerprint density at radius 1 is 1.26 bits per heavy atom. The lowest BCUT2D eigenvalue weighted by Gasteiger charge is -2.08. The number of benzene rings is 2. The van der Waals surface area contributed by atoms with E-state index >= 15 is 0 Å². The van der Waals surface area contributed by atoms with E-state index in [1.54, 1.807) is 12.1 Å². The quantitative estimate of drug-likeness (QED) is 0.509. The van der Waals surface area contributed by atoms with Gasteiger partial charge in [0.2, 0.25) is 0 Å². The fourth-order valence-corrected chi connectivity index (χ4v) is 1.84. The third kappa shape index (κ3) is 3.14. The summed E-state index contributed by atoms with van der Waals surface area (Å²) in [6.45, 7) is 0.492. The molecule has 2 aromatic carbocycles. The van der Waals surface area contributed by atoms with Gasteiger partial charge in [-0.25, -0.2) is 0 Å². The fourth-order valence-electron chi connectivity index (χ4n) is 1.66. The molecule has 19 heavy (non-hydrogen) atoms. The molecule has 0 aliphatic rings. The molecular formula is C13H12ClN3O2. The van der Waals surface area contributed by atoms with E-state index in [-0.39, 0.29) is 10.7 Å². The van der Waals surface area contributed by atoms with Crippen LogP contribution < -0.4 is 11.1 Å². The maximum atomic E-state index is 10.8. The van der Waals surface area contributed by atoms with Crippen molar-refractivity contribution in [3.05, 3.63) is 63.2 Å². The highest BCUT2D eigenvalue weighted by Crippen LogP contribution is 2.27. The van der Waals surface area contributed by atoms with Crippen molar-refractivity contribution in [3.8, 4) is 0 Å². The molecule has 0 aliphatic carbocycles. The van der Waals surface area contributed by atoms with Gasteiger partial charge in [-0.2, -0.15) is 0 Å². The monoisotopic (exact) mass is 277 g/mol. The summed E-state index contributed by atoms with van der Waals surface area (Å²) in [4.78, 5) is 10.3. The number of anilines is 2. The molecule has 98 valence electrons. The van der Waals surface area contributed by atoms with Crippen molar-refractivity contribution >= 4 is 28.7 Å². The zero-order valence-corrected chi connectivity index (χ0v) is 10.7. The largest absolute Gasteiger partial charge is 0.398 e. The van der Waals surface area contributed by atoms with Gasteiger partial charge in [-0.05, 0) is 23.8 Å². The van der Waals surface area contributed by atoms with Crippen LogP contribution in [0.15, 0.2) is 42.5 Å². The molecule has 5 nitrogen and oxygen atoms in total. The first-order chi connectivity index (χ1) is 9.08. The van der Waals surface area contributed by atoms with Crippen LogP contribution in [-0.4, -0.2) is 4.92 Å². The van der Waals surface area contributed by atoms with Crippen LogP contribution in [0.5, 0.6) is 0 Å². The first-order valence-corrected chi connectivity index (χ1v) is 5.97. The molecule has 0 radical (unpaired) electrons. The predicted octanol–water partition coefficient (Wildman–Crippen LogP) is 3.44. The summed E-state index contributed by atoms with van der Waals surface area (Å²) >= 11 is 5.74. The summed E-state index contributed by atoms with van der Waals surface area (Å²) in [7, 11) is 0. The van der Waals surface area contributed by atoms with Gasteiger partial charge in [0.05, 0.1) is 4.92 Å². The molecule has 0 bridgehead atoms. The lowest BCUT2D eigenvalue weighted by Crippen LogP contribution is -2.03. The number of nitrogens with two attached hydrogens (primary N) is 1. The highest BCUT2D eigenvalue weighted by molar-refractivity contribution is 6.32. The summed E-state index contributed by atoms with van der Waals surface area (Å²) in [6, 6.07) is 12.0. The molecule has 0 aromatic heterocycles. The first kappa shape index (κ1) is 13.2. The van der Waals surface area contributed by atoms with Gasteiger partial charge >= 0.3 is 0 Å². The number of hydrogen-bond acceptors (Lipinski definition) is 4. The maximum absolute atomic E-state index is 10.8. The van der Waals surface area contributed by atoms with Gasteiger partial charge in [0.15, 0.2) is 0 Å². The molecule has 6 heteroatoms. The second-order valence-electron chi connectivity index (χ2n) is 3.98. The minimum atomic E-state index is -0.510. The molecule has 0 saturated carbocycles. The van der Waals surface area contributed by atoms with Crippen LogP contribution in [0.2, 0.25) is 5.02 Å². The van der Waals surface area contributed by atoms with Crippen molar-refractivity contribution in [3.63, 3.8) is 0 Å². The topological polar surface area (TPSA) is 81.2 Å². The third-order valence-electron chi connectivity index (χ3n) is 2.68. The fraction of sp³-hybridized carbons (Fsp3) is 0.0769. The van der Waals surface area contributed by atoms with Crippen LogP contribution in [0.3, 0.4) is 0 Å². The Hall–Kier alpha value is -2.27. The number of nitrogens with one attached hydrogen (secondary N) is 1. The Labute approximate surface area is 115 Å². The van der Waals surface area contributed by atoms with E-state index in [0.29, 0.717) is 17.9 Å². The van der Waals surface area contributed by atoms with Crippen LogP contribution in [0.1, 0.15) is 5.56 Å². The summed E-state index contributed by atoms with van der Waals surface area (Å²) < 4.78 is 0. The Morgan fingerprint density at radius 3 is 2.68 bits per heavy atom. The van der Waals surface area contributed by atoms with Crippen molar-refractivity contribution < 1.29 is 4.92 Å². The number of nitrogen functional groups attached to an aromatic ring is 1. The number of halogens is 1. The highest BCUT2D eigenvalue weighted by atomic mass is 35.5. The van der Waals surface area contributed by atoms with Gasteiger partial charge in [-0.15, -0.1) is 0 Å². The Kier molecular flexibility index (Phi) is 3.87. The average molecular weight is 278 g/mol. The Balaban J connectivity index is 2.14. The van der Waals surface area contributed by atoms with E-state index < -0.39 is 4.92 Å². The summed E-state index contributed by atoms with van der Waals surface area (Å²) in [6.07, 6.45) is 0. The van der Waals surface area contributed by atoms with Crippen LogP contribution in [0.4, 0.5) is 17.1 Å². The number of nitro groups is 1. The molecule has 0 aliphatic heterocycles. The predicted molar refractivity (Wildman–Crippen MR) is 76.3 cm³/mol. The van der Waals surface area contributed by atoms with Crippen molar-refractivity contribution in [2.45, 2.75) is 6.54 Å². The standard InChI is InChI=1S/C13H12ClN3O2/c14-11-6-5-10(7-13(11)17(18)19)16-8-9-3-1-2-4-12(9)15/h1-7,16H,8,15H2. The number of hydrogen-bond donors (Lipinski definition) is 2. The van der Waals surface area contributed by atoms with Crippen molar-refractivity contribution in [2.24, 2.45) is 0 Å². The lowest BCUT2D eigenvalue weighted by atomic mass is 10.2. The van der Waals surface area contributed by atoms with Gasteiger partial charge < -0.3 is 11.1 Å². The summed E-state index contributed by atoms with van der Waals surface area (Å²) in [5, 5.41) is 14.0. The molecule has 2 aromatic rings. The normalized spacial score (nSPS) is 10.2. The summed E-state index contributed by atoms with van der Waals surface area (Å²) in [5.74, 6) is 0. The van der Waals surface area contributed by atoms with E-state index in [2.05, 4.69) is 5.32 Å². The molecule has 0 heterocycles. The number of nitrogens with zero attached hydrogens (tertiary/aromatic N) is 1. The highest BCUT2D eigenvalue weighted by Gasteiger charge is 2.12. The molecule has 0 fully saturated rings. The zero-order valence-electron chi connectivity index (χ0n) is 9.97. The van der Waals surface area contributed by atoms with Crippen LogP contribution in [0, 0.1) is 10.1 Å². The summed E-state index contributed by atoms with van der Waals surface area (Å²) in [5.41, 5.74) is 7.93. The Morgan fingerprint density at radius 2 is 2.00 bits per heavy atom. The molecule has 0 unspecified atom stereocenters. The van der Waals surface area contributed by atoms with E-state index in [1.807, 2.05) is 18.2 Å². The van der Waals surface area contributed by atoms with Crippen LogP contribution in [-0.2, 0) is 6.54 Å². The van der Waals surface area contributed by atoms with Gasteiger partial charge in [0, 0.05) is 24.0 Å². The minimum Gasteiger partial charge on any atom is -0.398 e. The van der Waals surface area contributed by atoms with Crippen molar-refractivity contribution in [1.82, 2.24) is 0 Å². The molecule has 3 N–H and O–H groups in total. The number of nitro benzene ring substituents is 1. The van der Waals surface area contributed by atoms with Crippen LogP contribution in [0.25, 0.3) is 0 Å². The second kappa shape index (κ2) is 5.58. The molecular weight excluding hydrogens is 266 g/mol. The van der Waals surface area contributed by atoms with E-state index in [4.69, 9.17) is 17.3 Å². The maximum Gasteiger partial charge on any atom is 0.289 e. The van der Waals surface area contributed by atoms with Crippen LogP contribution >= 0.6 is 11.6 Å². The van der Waals surface area contributed by atoms with Gasteiger partial charge in [0.1, 0.15) is 5.02 Å². The zero-order chi connectivity index (χ0) is 13.8. The number of rotatable bonds is 4. The van der Waals surface area contributed by atoms with E-state index in [9.17, 15) is 10.1 Å². The second-order valence-corrected chi connectivity index (χ2v) is 4.38. The molecule has 2 rings (SSSR count). The van der Waals surface area contributed by atoms with Gasteiger partial charge in [-0.1, -0.05) is 29.8 Å². The Bertz CT molecular complexity index is 617. The van der Waals surface area contributed by atoms with Gasteiger partial charge in [0.25, 0.3) is 5.69 Å². The third-order valence-corrected chi connectivity index (χ3v) is 3.00. The minimum absolute atomic E-state index is 0.118. The van der Waals surface area contributed by atoms with Crippen molar-refractivity contribution in [1.29, 1.82) is 0 Å². The first-order valence-electron chi connectivity index (χ1n) is 5.59. The SMILES string of the molecule is Nc1ccccc1CNc1ccc(Cl)c([N+](=O)[O-])c1. The van der Waals surface area contributed by atoms with E-state index in [1.165, 1.54) is 12.1 Å². The average Bonchev–Trinajstić information content (AvgIpc) is 2.39. The molecule has 0 amide bonds.